The summed E-state index contributed by atoms with van der Waals surface area (Å²) in [5.41, 5.74) is 5.26. The lowest BCUT2D eigenvalue weighted by Gasteiger charge is -2.18. The molecule has 88 valence electrons. The van der Waals surface area contributed by atoms with Gasteiger partial charge in [0, 0.05) is 5.69 Å². The number of benzene rings is 1. The number of carbonyl (C=O) groups excluding carboxylic acids is 3. The molecule has 6 nitrogen and oxygen atoms in total. The van der Waals surface area contributed by atoms with Gasteiger partial charge >= 0.3 is 6.03 Å². The van der Waals surface area contributed by atoms with E-state index < -0.39 is 29.7 Å². The number of carbonyl (C=O) groups is 3. The molecule has 1 aliphatic heterocycles. The molecule has 0 saturated carbocycles. The van der Waals surface area contributed by atoms with E-state index >= 15 is 0 Å². The van der Waals surface area contributed by atoms with Crippen molar-refractivity contribution in [2.75, 3.05) is 4.90 Å². The van der Waals surface area contributed by atoms with Gasteiger partial charge in [-0.3, -0.25) is 19.8 Å². The molecule has 1 fully saturated rings. The van der Waals surface area contributed by atoms with Crippen LogP contribution in [0.15, 0.2) is 24.3 Å². The Labute approximate surface area is 95.2 Å². The molecule has 1 heterocycles. The molecule has 0 radical (unpaired) electrons. The molecule has 2 rings (SSSR count). The third-order valence-corrected chi connectivity index (χ3v) is 2.33. The Morgan fingerprint density at radius 1 is 1.29 bits per heavy atom. The van der Waals surface area contributed by atoms with Crippen LogP contribution < -0.4 is 16.0 Å². The van der Waals surface area contributed by atoms with Crippen molar-refractivity contribution < 1.29 is 18.8 Å². The Balaban J connectivity index is 2.41. The minimum absolute atomic E-state index is 0.221. The minimum Gasteiger partial charge on any atom is -0.367 e. The summed E-state index contributed by atoms with van der Waals surface area (Å²) >= 11 is 0. The number of nitrogens with two attached hydrogens (primary N) is 1. The quantitative estimate of drug-likeness (QED) is 0.548. The van der Waals surface area contributed by atoms with E-state index in [0.29, 0.717) is 0 Å². The normalized spacial score (nSPS) is 19.4. The molecule has 0 aromatic heterocycles. The summed E-state index contributed by atoms with van der Waals surface area (Å²) in [6, 6.07) is 2.64. The summed E-state index contributed by atoms with van der Waals surface area (Å²) in [7, 11) is 0. The average molecular weight is 237 g/mol. The Kier molecular flexibility index (Phi) is 2.51. The number of hydrogen-bond donors (Lipinski definition) is 2. The zero-order valence-corrected chi connectivity index (χ0v) is 8.51. The van der Waals surface area contributed by atoms with Crippen LogP contribution in [-0.2, 0) is 9.59 Å². The molecule has 0 spiro atoms. The van der Waals surface area contributed by atoms with Gasteiger partial charge in [-0.2, -0.15) is 0 Å². The molecule has 4 amide bonds. The van der Waals surface area contributed by atoms with E-state index in [0.717, 1.165) is 17.0 Å². The smallest absolute Gasteiger partial charge is 0.329 e. The summed E-state index contributed by atoms with van der Waals surface area (Å²) in [6.07, 6.45) is 0. The van der Waals surface area contributed by atoms with Gasteiger partial charge in [-0.05, 0) is 24.3 Å². The van der Waals surface area contributed by atoms with Crippen LogP contribution in [0.4, 0.5) is 14.9 Å². The first-order chi connectivity index (χ1) is 8.00. The van der Waals surface area contributed by atoms with Gasteiger partial charge in [-0.1, -0.05) is 0 Å². The number of anilines is 1. The molecule has 1 aromatic carbocycles. The van der Waals surface area contributed by atoms with Crippen LogP contribution in [-0.4, -0.2) is 23.9 Å². The Bertz CT molecular complexity index is 500. The van der Waals surface area contributed by atoms with Crippen molar-refractivity contribution in [3.05, 3.63) is 30.1 Å². The van der Waals surface area contributed by atoms with Crippen molar-refractivity contribution in [2.45, 2.75) is 6.04 Å². The first kappa shape index (κ1) is 11.1. The lowest BCUT2D eigenvalue weighted by Crippen LogP contribution is -2.45. The van der Waals surface area contributed by atoms with Gasteiger partial charge in [0.1, 0.15) is 5.82 Å². The van der Waals surface area contributed by atoms with Crippen LogP contribution in [0.5, 0.6) is 0 Å². The number of hydrogen-bond acceptors (Lipinski definition) is 3. The summed E-state index contributed by atoms with van der Waals surface area (Å²) in [6.45, 7) is 0. The van der Waals surface area contributed by atoms with Crippen LogP contribution in [0.1, 0.15) is 0 Å². The molecule has 0 bridgehead atoms. The second kappa shape index (κ2) is 3.85. The fourth-order valence-corrected chi connectivity index (χ4v) is 1.59. The van der Waals surface area contributed by atoms with Gasteiger partial charge in [0.15, 0.2) is 6.04 Å². The minimum atomic E-state index is -1.40. The molecule has 1 saturated heterocycles. The fraction of sp³-hybridized carbons (Fsp3) is 0.100. The number of urea groups is 1. The van der Waals surface area contributed by atoms with Gasteiger partial charge in [0.05, 0.1) is 0 Å². The highest BCUT2D eigenvalue weighted by atomic mass is 19.1. The molecule has 1 aromatic rings. The zero-order valence-electron chi connectivity index (χ0n) is 8.51. The zero-order chi connectivity index (χ0) is 12.6. The predicted octanol–water partition coefficient (Wildman–Crippen LogP) is -0.264. The van der Waals surface area contributed by atoms with Gasteiger partial charge in [-0.25, -0.2) is 9.18 Å². The van der Waals surface area contributed by atoms with Gasteiger partial charge in [0.2, 0.25) is 5.91 Å². The maximum atomic E-state index is 12.7. The van der Waals surface area contributed by atoms with Crippen LogP contribution in [0, 0.1) is 5.82 Å². The maximum Gasteiger partial charge on any atom is 0.329 e. The van der Waals surface area contributed by atoms with Crippen molar-refractivity contribution in [1.29, 1.82) is 0 Å². The maximum absolute atomic E-state index is 12.7. The van der Waals surface area contributed by atoms with Crippen LogP contribution in [0.25, 0.3) is 0 Å². The highest BCUT2D eigenvalue weighted by Gasteiger charge is 2.43. The highest BCUT2D eigenvalue weighted by molar-refractivity contribution is 6.23. The molecule has 1 unspecified atom stereocenters. The first-order valence-corrected chi connectivity index (χ1v) is 4.69. The summed E-state index contributed by atoms with van der Waals surface area (Å²) in [5, 5.41) is 1.96. The van der Waals surface area contributed by atoms with Gasteiger partial charge < -0.3 is 5.73 Å². The Hall–Kier alpha value is -2.44. The topological polar surface area (TPSA) is 92.5 Å². The van der Waals surface area contributed by atoms with Crippen LogP contribution in [0.3, 0.4) is 0 Å². The van der Waals surface area contributed by atoms with Crippen molar-refractivity contribution in [1.82, 2.24) is 5.32 Å². The van der Waals surface area contributed by atoms with E-state index in [1.807, 2.05) is 5.32 Å². The van der Waals surface area contributed by atoms with Crippen molar-refractivity contribution in [3.8, 4) is 0 Å². The summed E-state index contributed by atoms with van der Waals surface area (Å²) < 4.78 is 12.7. The number of nitrogens with one attached hydrogen (secondary N) is 1. The highest BCUT2D eigenvalue weighted by Crippen LogP contribution is 2.21. The summed E-state index contributed by atoms with van der Waals surface area (Å²) in [4.78, 5) is 34.8. The van der Waals surface area contributed by atoms with E-state index in [9.17, 15) is 18.8 Å². The lowest BCUT2D eigenvalue weighted by atomic mass is 10.2. The summed E-state index contributed by atoms with van der Waals surface area (Å²) in [5.74, 6) is -2.22. The predicted molar refractivity (Wildman–Crippen MR) is 55.4 cm³/mol. The van der Waals surface area contributed by atoms with E-state index in [2.05, 4.69) is 0 Å². The van der Waals surface area contributed by atoms with Gasteiger partial charge in [0.25, 0.3) is 5.91 Å². The monoisotopic (exact) mass is 237 g/mol. The number of rotatable bonds is 2. The molecular weight excluding hydrogens is 229 g/mol. The number of amides is 4. The van der Waals surface area contributed by atoms with Crippen molar-refractivity contribution in [3.63, 3.8) is 0 Å². The molecule has 0 aliphatic carbocycles. The second-order valence-electron chi connectivity index (χ2n) is 3.45. The van der Waals surface area contributed by atoms with Crippen LogP contribution >= 0.6 is 0 Å². The average Bonchev–Trinajstić information content (AvgIpc) is 2.55. The Morgan fingerprint density at radius 3 is 2.41 bits per heavy atom. The fourth-order valence-electron chi connectivity index (χ4n) is 1.59. The largest absolute Gasteiger partial charge is 0.367 e. The van der Waals surface area contributed by atoms with E-state index in [-0.39, 0.29) is 5.69 Å². The number of halogens is 1. The van der Waals surface area contributed by atoms with Gasteiger partial charge in [-0.15, -0.1) is 0 Å². The molecule has 3 N–H and O–H groups in total. The first-order valence-electron chi connectivity index (χ1n) is 4.69. The van der Waals surface area contributed by atoms with E-state index in [4.69, 9.17) is 5.73 Å². The lowest BCUT2D eigenvalue weighted by molar-refractivity contribution is -0.127. The number of imide groups is 1. The molecule has 1 atom stereocenters. The number of nitrogens with zero attached hydrogens (tertiary/aromatic N) is 1. The van der Waals surface area contributed by atoms with E-state index in [1.54, 1.807) is 0 Å². The van der Waals surface area contributed by atoms with Crippen molar-refractivity contribution >= 4 is 23.5 Å². The van der Waals surface area contributed by atoms with E-state index in [1.165, 1.54) is 12.1 Å². The SMILES string of the molecule is NC(=O)C1C(=O)NC(=O)N1c1ccc(F)cc1. The second-order valence-corrected chi connectivity index (χ2v) is 3.45. The Morgan fingerprint density at radius 2 is 1.88 bits per heavy atom. The van der Waals surface area contributed by atoms with Crippen molar-refractivity contribution in [2.24, 2.45) is 5.73 Å². The number of primary amides is 1. The molecule has 1 aliphatic rings. The van der Waals surface area contributed by atoms with Crippen LogP contribution in [0.2, 0.25) is 0 Å². The molecule has 7 heteroatoms. The molecular formula is C10H8FN3O3. The molecule has 17 heavy (non-hydrogen) atoms. The standard InChI is InChI=1S/C10H8FN3O3/c11-5-1-3-6(4-2-5)14-7(8(12)15)9(16)13-10(14)17/h1-4,7H,(H2,12,15)(H,13,16,17). The third-order valence-electron chi connectivity index (χ3n) is 2.33. The third kappa shape index (κ3) is 1.82.